The van der Waals surface area contributed by atoms with Crippen molar-refractivity contribution in [2.24, 2.45) is 5.73 Å². The van der Waals surface area contributed by atoms with Crippen molar-refractivity contribution in [2.75, 3.05) is 18.4 Å². The first kappa shape index (κ1) is 14.6. The van der Waals surface area contributed by atoms with Crippen LogP contribution in [-0.4, -0.2) is 41.1 Å². The molecule has 1 aliphatic rings. The van der Waals surface area contributed by atoms with Crippen molar-refractivity contribution < 1.29 is 14.7 Å². The van der Waals surface area contributed by atoms with Crippen LogP contribution in [0.1, 0.15) is 23.2 Å². The smallest absolute Gasteiger partial charge is 0.337 e. The maximum absolute atomic E-state index is 12.0. The molecule has 108 valence electrons. The molecule has 1 aliphatic heterocycles. The van der Waals surface area contributed by atoms with E-state index in [1.165, 1.54) is 12.1 Å². The molecule has 1 aromatic rings. The molecule has 2 rings (SSSR count). The van der Waals surface area contributed by atoms with Crippen LogP contribution in [0.2, 0.25) is 5.02 Å². The van der Waals surface area contributed by atoms with E-state index in [4.69, 9.17) is 22.4 Å². The minimum absolute atomic E-state index is 0.0369. The molecule has 0 aromatic heterocycles. The van der Waals surface area contributed by atoms with Gasteiger partial charge in [0.15, 0.2) is 0 Å². The van der Waals surface area contributed by atoms with Gasteiger partial charge in [-0.1, -0.05) is 11.6 Å². The van der Waals surface area contributed by atoms with E-state index < -0.39 is 5.97 Å². The van der Waals surface area contributed by atoms with Gasteiger partial charge in [0, 0.05) is 24.8 Å². The van der Waals surface area contributed by atoms with Crippen LogP contribution < -0.4 is 11.1 Å². The molecule has 4 N–H and O–H groups in total. The van der Waals surface area contributed by atoms with Crippen LogP contribution in [0.3, 0.4) is 0 Å². The number of nitrogens with two attached hydrogens (primary N) is 1. The normalized spacial score (nSPS) is 16.0. The van der Waals surface area contributed by atoms with Gasteiger partial charge < -0.3 is 21.1 Å². The Balaban J connectivity index is 2.04. The second-order valence-corrected chi connectivity index (χ2v) is 5.16. The topological polar surface area (TPSA) is 95.7 Å². The molecule has 20 heavy (non-hydrogen) atoms. The monoisotopic (exact) mass is 297 g/mol. The van der Waals surface area contributed by atoms with Gasteiger partial charge in [0.2, 0.25) is 0 Å². The first-order valence-corrected chi connectivity index (χ1v) is 6.69. The number of hydrogen-bond donors (Lipinski definition) is 3. The Hall–Kier alpha value is -1.79. The van der Waals surface area contributed by atoms with Crippen molar-refractivity contribution in [3.63, 3.8) is 0 Å². The number of aromatic carboxylic acids is 1. The van der Waals surface area contributed by atoms with Crippen molar-refractivity contribution in [1.29, 1.82) is 0 Å². The summed E-state index contributed by atoms with van der Waals surface area (Å²) < 4.78 is 0. The van der Waals surface area contributed by atoms with Crippen molar-refractivity contribution in [2.45, 2.75) is 18.9 Å². The summed E-state index contributed by atoms with van der Waals surface area (Å²) in [5, 5.41) is 11.8. The number of rotatable bonds is 2. The standard InChI is InChI=1S/C13H16ClN3O3/c14-11-2-1-9(7-10(11)12(18)19)16-13(20)17-5-3-8(15)4-6-17/h1-2,7-8H,3-6,15H2,(H,16,20)(H,18,19). The Morgan fingerprint density at radius 3 is 2.60 bits per heavy atom. The van der Waals surface area contributed by atoms with E-state index in [-0.39, 0.29) is 22.7 Å². The Kier molecular flexibility index (Phi) is 4.46. The summed E-state index contributed by atoms with van der Waals surface area (Å²) in [6.07, 6.45) is 1.54. The minimum Gasteiger partial charge on any atom is -0.478 e. The van der Waals surface area contributed by atoms with Crippen LogP contribution in [0.5, 0.6) is 0 Å². The van der Waals surface area contributed by atoms with Crippen molar-refractivity contribution in [1.82, 2.24) is 4.90 Å². The van der Waals surface area contributed by atoms with E-state index in [1.807, 2.05) is 0 Å². The zero-order valence-electron chi connectivity index (χ0n) is 10.8. The lowest BCUT2D eigenvalue weighted by molar-refractivity contribution is 0.0697. The molecule has 2 amide bonds. The highest BCUT2D eigenvalue weighted by molar-refractivity contribution is 6.33. The maximum atomic E-state index is 12.0. The van der Waals surface area contributed by atoms with Crippen molar-refractivity contribution in [3.05, 3.63) is 28.8 Å². The molecule has 0 atom stereocenters. The lowest BCUT2D eigenvalue weighted by Crippen LogP contribution is -2.44. The molecule has 0 radical (unpaired) electrons. The summed E-state index contributed by atoms with van der Waals surface area (Å²) >= 11 is 5.77. The first-order chi connectivity index (χ1) is 9.47. The van der Waals surface area contributed by atoms with Gasteiger partial charge in [0.1, 0.15) is 0 Å². The van der Waals surface area contributed by atoms with Crippen LogP contribution in [0.4, 0.5) is 10.5 Å². The van der Waals surface area contributed by atoms with Gasteiger partial charge in [-0.3, -0.25) is 0 Å². The second-order valence-electron chi connectivity index (χ2n) is 4.75. The quantitative estimate of drug-likeness (QED) is 0.778. The number of carboxylic acids is 1. The fourth-order valence-corrected chi connectivity index (χ4v) is 2.27. The van der Waals surface area contributed by atoms with E-state index in [9.17, 15) is 9.59 Å². The average Bonchev–Trinajstić information content (AvgIpc) is 2.41. The van der Waals surface area contributed by atoms with Crippen LogP contribution >= 0.6 is 11.6 Å². The third kappa shape index (κ3) is 3.40. The Morgan fingerprint density at radius 1 is 1.35 bits per heavy atom. The molecule has 7 heteroatoms. The largest absolute Gasteiger partial charge is 0.478 e. The van der Waals surface area contributed by atoms with Crippen LogP contribution in [0.15, 0.2) is 18.2 Å². The van der Waals surface area contributed by atoms with Gasteiger partial charge in [-0.15, -0.1) is 0 Å². The molecule has 0 aliphatic carbocycles. The fraction of sp³-hybridized carbons (Fsp3) is 0.385. The number of halogens is 1. The van der Waals surface area contributed by atoms with Gasteiger partial charge in [0.25, 0.3) is 0 Å². The van der Waals surface area contributed by atoms with Crippen LogP contribution in [-0.2, 0) is 0 Å². The van der Waals surface area contributed by atoms with Gasteiger partial charge >= 0.3 is 12.0 Å². The van der Waals surface area contributed by atoms with E-state index >= 15 is 0 Å². The summed E-state index contributed by atoms with van der Waals surface area (Å²) in [6.45, 7) is 1.21. The Bertz CT molecular complexity index is 528. The molecule has 1 heterocycles. The third-order valence-corrected chi connectivity index (χ3v) is 3.60. The Morgan fingerprint density at radius 2 is 2.00 bits per heavy atom. The molecule has 0 unspecified atom stereocenters. The van der Waals surface area contributed by atoms with Gasteiger partial charge in [-0.25, -0.2) is 9.59 Å². The van der Waals surface area contributed by atoms with Gasteiger partial charge in [0.05, 0.1) is 10.6 Å². The molecule has 0 spiro atoms. The summed E-state index contributed by atoms with van der Waals surface area (Å²) in [5.74, 6) is -1.13. The molecule has 6 nitrogen and oxygen atoms in total. The van der Waals surface area contributed by atoms with Crippen LogP contribution in [0, 0.1) is 0 Å². The van der Waals surface area contributed by atoms with E-state index in [0.29, 0.717) is 18.8 Å². The maximum Gasteiger partial charge on any atom is 0.337 e. The number of amides is 2. The summed E-state index contributed by atoms with van der Waals surface area (Å²) in [5.41, 5.74) is 6.15. The van der Waals surface area contributed by atoms with Crippen LogP contribution in [0.25, 0.3) is 0 Å². The third-order valence-electron chi connectivity index (χ3n) is 3.27. The molecule has 1 fully saturated rings. The summed E-state index contributed by atoms with van der Waals surface area (Å²) in [7, 11) is 0. The molecule has 1 aromatic carbocycles. The molecule has 1 saturated heterocycles. The molecular formula is C13H16ClN3O3. The highest BCUT2D eigenvalue weighted by Crippen LogP contribution is 2.21. The highest BCUT2D eigenvalue weighted by atomic mass is 35.5. The second kappa shape index (κ2) is 6.11. The first-order valence-electron chi connectivity index (χ1n) is 6.31. The average molecular weight is 298 g/mol. The number of nitrogens with zero attached hydrogens (tertiary/aromatic N) is 1. The van der Waals surface area contributed by atoms with Crippen molar-refractivity contribution >= 4 is 29.3 Å². The number of urea groups is 1. The lowest BCUT2D eigenvalue weighted by Gasteiger charge is -2.30. The summed E-state index contributed by atoms with van der Waals surface area (Å²) in [6, 6.07) is 4.26. The van der Waals surface area contributed by atoms with Crippen molar-refractivity contribution in [3.8, 4) is 0 Å². The Labute approximate surface area is 121 Å². The number of carbonyl (C=O) groups excluding carboxylic acids is 1. The fourth-order valence-electron chi connectivity index (χ4n) is 2.07. The molecule has 0 bridgehead atoms. The SMILES string of the molecule is NC1CCN(C(=O)Nc2ccc(Cl)c(C(=O)O)c2)CC1. The number of piperidine rings is 1. The lowest BCUT2D eigenvalue weighted by atomic mass is 10.1. The highest BCUT2D eigenvalue weighted by Gasteiger charge is 2.21. The van der Waals surface area contributed by atoms with E-state index in [1.54, 1.807) is 11.0 Å². The number of nitrogens with one attached hydrogen (secondary N) is 1. The number of hydrogen-bond acceptors (Lipinski definition) is 3. The molecular weight excluding hydrogens is 282 g/mol. The van der Waals surface area contributed by atoms with Gasteiger partial charge in [-0.05, 0) is 31.0 Å². The number of anilines is 1. The number of likely N-dealkylation sites (tertiary alicyclic amines) is 1. The predicted octanol–water partition coefficient (Wildman–Crippen LogP) is 1.99. The molecule has 0 saturated carbocycles. The number of carboxylic acid groups (broad SMARTS) is 1. The summed E-state index contributed by atoms with van der Waals surface area (Å²) in [4.78, 5) is 24.7. The van der Waals surface area contributed by atoms with Gasteiger partial charge in [-0.2, -0.15) is 0 Å². The number of benzene rings is 1. The zero-order valence-corrected chi connectivity index (χ0v) is 11.6. The van der Waals surface area contributed by atoms with E-state index in [2.05, 4.69) is 5.32 Å². The predicted molar refractivity (Wildman–Crippen MR) is 76.2 cm³/mol. The number of carbonyl (C=O) groups is 2. The van der Waals surface area contributed by atoms with E-state index in [0.717, 1.165) is 12.8 Å². The minimum atomic E-state index is -1.13. The zero-order chi connectivity index (χ0) is 14.7.